The SMILES string of the molecule is O=C(NCc1cn(-c2ccsc2)nn1)c1ccc(Cl)s1. The average molecular weight is 325 g/mol. The number of hydrogen-bond acceptors (Lipinski definition) is 5. The molecule has 0 saturated heterocycles. The fourth-order valence-electron chi connectivity index (χ4n) is 1.59. The van der Waals surface area contributed by atoms with Crippen molar-refractivity contribution in [2.24, 2.45) is 0 Å². The Bertz CT molecular complexity index is 719. The third kappa shape index (κ3) is 2.90. The van der Waals surface area contributed by atoms with Crippen molar-refractivity contribution in [1.82, 2.24) is 20.3 Å². The highest BCUT2D eigenvalue weighted by Crippen LogP contribution is 2.21. The van der Waals surface area contributed by atoms with Crippen molar-refractivity contribution in [3.63, 3.8) is 0 Å². The molecule has 0 spiro atoms. The minimum Gasteiger partial charge on any atom is -0.346 e. The van der Waals surface area contributed by atoms with Gasteiger partial charge >= 0.3 is 0 Å². The van der Waals surface area contributed by atoms with Crippen LogP contribution in [0.2, 0.25) is 4.34 Å². The Hall–Kier alpha value is -1.70. The second kappa shape index (κ2) is 5.74. The highest BCUT2D eigenvalue weighted by molar-refractivity contribution is 7.18. The van der Waals surface area contributed by atoms with Crippen LogP contribution in [-0.2, 0) is 6.54 Å². The topological polar surface area (TPSA) is 59.8 Å². The molecule has 0 atom stereocenters. The van der Waals surface area contributed by atoms with Crippen LogP contribution in [-0.4, -0.2) is 20.9 Å². The Morgan fingerprint density at radius 2 is 2.30 bits per heavy atom. The number of nitrogens with one attached hydrogen (secondary N) is 1. The van der Waals surface area contributed by atoms with Crippen molar-refractivity contribution in [2.75, 3.05) is 0 Å². The maximum atomic E-state index is 11.9. The van der Waals surface area contributed by atoms with Crippen LogP contribution in [0.25, 0.3) is 5.69 Å². The molecule has 3 rings (SSSR count). The van der Waals surface area contributed by atoms with Gasteiger partial charge in [0.1, 0.15) is 5.69 Å². The van der Waals surface area contributed by atoms with E-state index in [1.54, 1.807) is 34.3 Å². The first-order chi connectivity index (χ1) is 9.72. The van der Waals surface area contributed by atoms with Gasteiger partial charge < -0.3 is 5.32 Å². The van der Waals surface area contributed by atoms with Gasteiger partial charge in [-0.05, 0) is 23.6 Å². The highest BCUT2D eigenvalue weighted by atomic mass is 35.5. The number of rotatable bonds is 4. The van der Waals surface area contributed by atoms with Gasteiger partial charge in [0.25, 0.3) is 5.91 Å². The first-order valence-corrected chi connectivity index (χ1v) is 7.83. The van der Waals surface area contributed by atoms with E-state index in [9.17, 15) is 4.79 Å². The van der Waals surface area contributed by atoms with Crippen LogP contribution < -0.4 is 5.32 Å². The van der Waals surface area contributed by atoms with Gasteiger partial charge in [0, 0.05) is 5.38 Å². The Morgan fingerprint density at radius 1 is 1.40 bits per heavy atom. The van der Waals surface area contributed by atoms with Gasteiger partial charge in [-0.15, -0.1) is 16.4 Å². The van der Waals surface area contributed by atoms with Crippen molar-refractivity contribution >= 4 is 40.2 Å². The van der Waals surface area contributed by atoms with Gasteiger partial charge in [-0.1, -0.05) is 16.8 Å². The second-order valence-electron chi connectivity index (χ2n) is 3.92. The molecule has 0 aliphatic carbocycles. The quantitative estimate of drug-likeness (QED) is 0.802. The molecule has 0 unspecified atom stereocenters. The largest absolute Gasteiger partial charge is 0.346 e. The molecule has 0 aliphatic heterocycles. The summed E-state index contributed by atoms with van der Waals surface area (Å²) in [5.74, 6) is -0.160. The summed E-state index contributed by atoms with van der Waals surface area (Å²) in [5.41, 5.74) is 1.66. The summed E-state index contributed by atoms with van der Waals surface area (Å²) < 4.78 is 2.28. The van der Waals surface area contributed by atoms with E-state index in [-0.39, 0.29) is 5.91 Å². The first-order valence-electron chi connectivity index (χ1n) is 5.70. The predicted molar refractivity (Wildman–Crippen MR) is 79.7 cm³/mol. The van der Waals surface area contributed by atoms with E-state index in [2.05, 4.69) is 15.6 Å². The Labute approximate surface area is 127 Å². The molecule has 3 aromatic rings. The fourth-order valence-corrected chi connectivity index (χ4v) is 3.17. The summed E-state index contributed by atoms with van der Waals surface area (Å²) in [6.07, 6.45) is 1.80. The van der Waals surface area contributed by atoms with E-state index in [4.69, 9.17) is 11.6 Å². The van der Waals surface area contributed by atoms with Crippen LogP contribution in [0.4, 0.5) is 0 Å². The van der Waals surface area contributed by atoms with Crippen LogP contribution in [0.15, 0.2) is 35.2 Å². The fraction of sp³-hybridized carbons (Fsp3) is 0.0833. The van der Waals surface area contributed by atoms with E-state index in [1.807, 2.05) is 16.8 Å². The third-order valence-corrected chi connectivity index (χ3v) is 4.44. The lowest BCUT2D eigenvalue weighted by molar-refractivity contribution is 0.0954. The molecule has 102 valence electrons. The van der Waals surface area contributed by atoms with Gasteiger partial charge in [0.15, 0.2) is 0 Å². The normalized spacial score (nSPS) is 10.7. The van der Waals surface area contributed by atoms with Gasteiger partial charge in [0.2, 0.25) is 0 Å². The summed E-state index contributed by atoms with van der Waals surface area (Å²) in [7, 11) is 0. The molecule has 3 heterocycles. The molecule has 20 heavy (non-hydrogen) atoms. The van der Waals surface area contributed by atoms with Crippen molar-refractivity contribution in [3.8, 4) is 5.69 Å². The molecule has 1 N–H and O–H groups in total. The standard InChI is InChI=1S/C12H9ClN4OS2/c13-11-2-1-10(20-11)12(18)14-5-8-6-17(16-15-8)9-3-4-19-7-9/h1-4,6-7H,5H2,(H,14,18). The van der Waals surface area contributed by atoms with E-state index >= 15 is 0 Å². The maximum absolute atomic E-state index is 11.9. The summed E-state index contributed by atoms with van der Waals surface area (Å²) >= 11 is 8.64. The predicted octanol–water partition coefficient (Wildman–Crippen LogP) is 2.97. The minimum absolute atomic E-state index is 0.160. The molecular weight excluding hydrogens is 316 g/mol. The number of amides is 1. The van der Waals surface area contributed by atoms with Gasteiger partial charge in [0.05, 0.1) is 27.6 Å². The first kappa shape index (κ1) is 13.3. The van der Waals surface area contributed by atoms with E-state index in [1.165, 1.54) is 11.3 Å². The van der Waals surface area contributed by atoms with Crippen LogP contribution in [0.1, 0.15) is 15.4 Å². The molecule has 3 aromatic heterocycles. The molecule has 0 bridgehead atoms. The van der Waals surface area contributed by atoms with Gasteiger partial charge in [-0.25, -0.2) is 4.68 Å². The van der Waals surface area contributed by atoms with E-state index in [0.29, 0.717) is 21.5 Å². The molecule has 0 radical (unpaired) electrons. The van der Waals surface area contributed by atoms with Crippen molar-refractivity contribution in [1.29, 1.82) is 0 Å². The lowest BCUT2D eigenvalue weighted by atomic mass is 10.4. The zero-order valence-electron chi connectivity index (χ0n) is 10.1. The summed E-state index contributed by atoms with van der Waals surface area (Å²) in [6.45, 7) is 0.332. The average Bonchev–Trinajstić information content (AvgIpc) is 3.16. The minimum atomic E-state index is -0.160. The summed E-state index contributed by atoms with van der Waals surface area (Å²) in [6, 6.07) is 5.36. The third-order valence-electron chi connectivity index (χ3n) is 2.54. The lowest BCUT2D eigenvalue weighted by Gasteiger charge is -1.99. The summed E-state index contributed by atoms with van der Waals surface area (Å²) in [4.78, 5) is 12.4. The van der Waals surface area contributed by atoms with Crippen LogP contribution in [0, 0.1) is 0 Å². The molecular formula is C12H9ClN4OS2. The monoisotopic (exact) mass is 324 g/mol. The Kier molecular flexibility index (Phi) is 3.81. The van der Waals surface area contributed by atoms with Crippen LogP contribution in [0.3, 0.4) is 0 Å². The van der Waals surface area contributed by atoms with Gasteiger partial charge in [-0.2, -0.15) is 11.3 Å². The molecule has 0 saturated carbocycles. The number of carbonyl (C=O) groups excluding carboxylic acids is 1. The number of carbonyl (C=O) groups is 1. The highest BCUT2D eigenvalue weighted by Gasteiger charge is 2.09. The Balaban J connectivity index is 1.63. The molecule has 0 aliphatic rings. The number of nitrogens with zero attached hydrogens (tertiary/aromatic N) is 3. The van der Waals surface area contributed by atoms with E-state index in [0.717, 1.165) is 5.69 Å². The second-order valence-corrected chi connectivity index (χ2v) is 6.42. The zero-order valence-corrected chi connectivity index (χ0v) is 12.5. The summed E-state index contributed by atoms with van der Waals surface area (Å²) in [5, 5.41) is 14.8. The maximum Gasteiger partial charge on any atom is 0.261 e. The molecule has 1 amide bonds. The smallest absolute Gasteiger partial charge is 0.261 e. The molecule has 0 aromatic carbocycles. The lowest BCUT2D eigenvalue weighted by Crippen LogP contribution is -2.21. The van der Waals surface area contributed by atoms with Crippen molar-refractivity contribution < 1.29 is 4.79 Å². The van der Waals surface area contributed by atoms with Crippen LogP contribution >= 0.6 is 34.3 Å². The molecule has 0 fully saturated rings. The van der Waals surface area contributed by atoms with Gasteiger partial charge in [-0.3, -0.25) is 4.79 Å². The Morgan fingerprint density at radius 3 is 3.00 bits per heavy atom. The number of aromatic nitrogens is 3. The molecule has 5 nitrogen and oxygen atoms in total. The number of thiophene rings is 2. The number of hydrogen-bond donors (Lipinski definition) is 1. The number of halogens is 1. The van der Waals surface area contributed by atoms with Crippen molar-refractivity contribution in [2.45, 2.75) is 6.54 Å². The molecule has 8 heteroatoms. The zero-order chi connectivity index (χ0) is 13.9. The van der Waals surface area contributed by atoms with E-state index < -0.39 is 0 Å². The van der Waals surface area contributed by atoms with Crippen molar-refractivity contribution in [3.05, 3.63) is 50.1 Å². The van der Waals surface area contributed by atoms with Crippen LogP contribution in [0.5, 0.6) is 0 Å².